The number of carbonyl (C=O) groups is 1. The van der Waals surface area contributed by atoms with Gasteiger partial charge in [0, 0.05) is 29.1 Å². The lowest BCUT2D eigenvalue weighted by Gasteiger charge is -2.22. The van der Waals surface area contributed by atoms with E-state index in [-0.39, 0.29) is 5.91 Å². The van der Waals surface area contributed by atoms with Crippen LogP contribution in [0.15, 0.2) is 52.2 Å². The van der Waals surface area contributed by atoms with Gasteiger partial charge in [-0.05, 0) is 37.1 Å². The summed E-state index contributed by atoms with van der Waals surface area (Å²) in [5.41, 5.74) is 3.59. The van der Waals surface area contributed by atoms with Gasteiger partial charge in [0.05, 0.1) is 27.8 Å². The van der Waals surface area contributed by atoms with E-state index in [0.29, 0.717) is 15.8 Å². The first-order valence-electron chi connectivity index (χ1n) is 9.28. The van der Waals surface area contributed by atoms with Crippen molar-refractivity contribution in [3.05, 3.63) is 57.9 Å². The third-order valence-corrected chi connectivity index (χ3v) is 7.21. The molecule has 150 valence electrons. The molecule has 4 rings (SSSR count). The minimum absolute atomic E-state index is 0.0686. The van der Waals surface area contributed by atoms with Crippen LogP contribution in [0.3, 0.4) is 0 Å². The molecule has 1 aliphatic rings. The summed E-state index contributed by atoms with van der Waals surface area (Å²) < 4.78 is 0.857. The highest BCUT2D eigenvalue weighted by Crippen LogP contribution is 2.36. The summed E-state index contributed by atoms with van der Waals surface area (Å²) in [6.45, 7) is 1.93. The van der Waals surface area contributed by atoms with Crippen molar-refractivity contribution >= 4 is 63.6 Å². The lowest BCUT2D eigenvalue weighted by molar-refractivity contribution is -0.113. The molecule has 0 atom stereocenters. The average Bonchev–Trinajstić information content (AvgIpc) is 3.39. The van der Waals surface area contributed by atoms with E-state index in [1.807, 2.05) is 47.8 Å². The minimum atomic E-state index is -0.0686. The molecule has 1 fully saturated rings. The van der Waals surface area contributed by atoms with Crippen LogP contribution in [0, 0.1) is 0 Å². The molecular formula is C21H19Cl2N3OS2. The molecule has 0 spiro atoms. The summed E-state index contributed by atoms with van der Waals surface area (Å²) in [5, 5.41) is 6.38. The van der Waals surface area contributed by atoms with E-state index >= 15 is 0 Å². The lowest BCUT2D eigenvalue weighted by atomic mass is 10.2. The predicted molar refractivity (Wildman–Crippen MR) is 125 cm³/mol. The van der Waals surface area contributed by atoms with Crippen molar-refractivity contribution in [3.63, 3.8) is 0 Å². The topological polar surface area (TPSA) is 45.2 Å². The smallest absolute Gasteiger partial charge is 0.234 e. The largest absolute Gasteiger partial charge is 0.369 e. The number of aromatic nitrogens is 1. The Morgan fingerprint density at radius 2 is 1.90 bits per heavy atom. The summed E-state index contributed by atoms with van der Waals surface area (Å²) in [6, 6.07) is 13.2. The van der Waals surface area contributed by atoms with Gasteiger partial charge in [-0.15, -0.1) is 11.3 Å². The second-order valence-electron chi connectivity index (χ2n) is 6.67. The van der Waals surface area contributed by atoms with Crippen molar-refractivity contribution in [2.24, 2.45) is 0 Å². The molecular weight excluding hydrogens is 445 g/mol. The van der Waals surface area contributed by atoms with Crippen LogP contribution in [-0.4, -0.2) is 29.7 Å². The molecule has 1 saturated heterocycles. The monoisotopic (exact) mass is 463 g/mol. The fraction of sp³-hybridized carbons (Fsp3) is 0.238. The van der Waals surface area contributed by atoms with Crippen LogP contribution < -0.4 is 10.2 Å². The number of anilines is 2. The molecule has 1 N–H and O–H groups in total. The molecule has 1 aromatic heterocycles. The van der Waals surface area contributed by atoms with Crippen LogP contribution >= 0.6 is 46.3 Å². The Morgan fingerprint density at radius 1 is 1.14 bits per heavy atom. The van der Waals surface area contributed by atoms with Crippen LogP contribution in [0.2, 0.25) is 10.0 Å². The van der Waals surface area contributed by atoms with Crippen LogP contribution in [-0.2, 0) is 4.79 Å². The number of nitrogens with zero attached hydrogens (tertiary/aromatic N) is 2. The number of thioether (sulfide) groups is 1. The molecule has 1 aliphatic heterocycles. The predicted octanol–water partition coefficient (Wildman–Crippen LogP) is 6.45. The van der Waals surface area contributed by atoms with Gasteiger partial charge in [0.1, 0.15) is 0 Å². The van der Waals surface area contributed by atoms with Gasteiger partial charge >= 0.3 is 0 Å². The first kappa shape index (κ1) is 20.5. The van der Waals surface area contributed by atoms with Gasteiger partial charge in [0.2, 0.25) is 5.91 Å². The summed E-state index contributed by atoms with van der Waals surface area (Å²) >= 11 is 15.3. The third-order valence-electron chi connectivity index (χ3n) is 4.63. The van der Waals surface area contributed by atoms with E-state index in [1.165, 1.54) is 23.1 Å². The van der Waals surface area contributed by atoms with Gasteiger partial charge in [0.25, 0.3) is 0 Å². The van der Waals surface area contributed by atoms with Crippen molar-refractivity contribution in [1.82, 2.24) is 4.98 Å². The molecule has 4 nitrogen and oxygen atoms in total. The van der Waals surface area contributed by atoms with Crippen LogP contribution in [0.25, 0.3) is 11.3 Å². The standard InChI is InChI=1S/C21H19Cl2N3OS2/c22-15-8-6-14(7-9-15)18-12-28-21(25-18)29-13-19(27)24-17-5-3-4-16(23)20(17)26-10-1-2-11-26/h3-9,12H,1-2,10-11,13H2,(H,24,27). The summed E-state index contributed by atoms with van der Waals surface area (Å²) in [4.78, 5) is 19.4. The van der Waals surface area contributed by atoms with Crippen molar-refractivity contribution in [2.45, 2.75) is 17.2 Å². The highest BCUT2D eigenvalue weighted by molar-refractivity contribution is 8.01. The molecule has 3 aromatic rings. The molecule has 0 saturated carbocycles. The quantitative estimate of drug-likeness (QED) is 0.426. The first-order valence-corrected chi connectivity index (χ1v) is 11.9. The average molecular weight is 464 g/mol. The molecule has 0 unspecified atom stereocenters. The summed E-state index contributed by atoms with van der Waals surface area (Å²) in [7, 11) is 0. The zero-order valence-electron chi connectivity index (χ0n) is 15.5. The van der Waals surface area contributed by atoms with Crippen molar-refractivity contribution in [3.8, 4) is 11.3 Å². The first-order chi connectivity index (χ1) is 14.1. The number of hydrogen-bond donors (Lipinski definition) is 1. The Bertz CT molecular complexity index is 1000. The molecule has 8 heteroatoms. The lowest BCUT2D eigenvalue weighted by Crippen LogP contribution is -2.22. The number of halogens is 2. The van der Waals surface area contributed by atoms with Crippen molar-refractivity contribution in [2.75, 3.05) is 29.1 Å². The molecule has 0 aliphatic carbocycles. The second-order valence-corrected chi connectivity index (χ2v) is 9.60. The zero-order chi connectivity index (χ0) is 20.2. The Labute approximate surface area is 188 Å². The van der Waals surface area contributed by atoms with Crippen LogP contribution in [0.1, 0.15) is 12.8 Å². The fourth-order valence-corrected chi connectivity index (χ4v) is 5.32. The fourth-order valence-electron chi connectivity index (χ4n) is 3.27. The minimum Gasteiger partial charge on any atom is -0.369 e. The molecule has 29 heavy (non-hydrogen) atoms. The maximum absolute atomic E-state index is 12.5. The van der Waals surface area contributed by atoms with Gasteiger partial charge in [-0.3, -0.25) is 4.79 Å². The number of rotatable bonds is 6. The molecule has 1 amide bonds. The van der Waals surface area contributed by atoms with Gasteiger partial charge in [0.15, 0.2) is 4.34 Å². The van der Waals surface area contributed by atoms with Crippen molar-refractivity contribution in [1.29, 1.82) is 0 Å². The number of amides is 1. The maximum Gasteiger partial charge on any atom is 0.234 e. The number of benzene rings is 2. The summed E-state index contributed by atoms with van der Waals surface area (Å²) in [6.07, 6.45) is 2.29. The number of para-hydroxylation sites is 1. The Hall–Kier alpha value is -1.73. The van der Waals surface area contributed by atoms with Gasteiger partial charge in [-0.25, -0.2) is 4.98 Å². The number of carbonyl (C=O) groups excluding carboxylic acids is 1. The SMILES string of the molecule is O=C(CSc1nc(-c2ccc(Cl)cc2)cs1)Nc1cccc(Cl)c1N1CCCC1. The number of thiazole rings is 1. The highest BCUT2D eigenvalue weighted by atomic mass is 35.5. The van der Waals surface area contributed by atoms with Crippen molar-refractivity contribution < 1.29 is 4.79 Å². The normalized spacial score (nSPS) is 13.7. The maximum atomic E-state index is 12.5. The van der Waals surface area contributed by atoms with E-state index in [4.69, 9.17) is 23.2 Å². The van der Waals surface area contributed by atoms with Gasteiger partial charge in [-0.2, -0.15) is 0 Å². The Morgan fingerprint density at radius 3 is 2.66 bits per heavy atom. The highest BCUT2D eigenvalue weighted by Gasteiger charge is 2.20. The third kappa shape index (κ3) is 5.07. The van der Waals surface area contributed by atoms with E-state index in [9.17, 15) is 4.79 Å². The van der Waals surface area contributed by atoms with E-state index in [2.05, 4.69) is 15.2 Å². The molecule has 2 heterocycles. The van der Waals surface area contributed by atoms with Gasteiger partial charge in [-0.1, -0.05) is 53.2 Å². The molecule has 0 radical (unpaired) electrons. The van der Waals surface area contributed by atoms with Gasteiger partial charge < -0.3 is 10.2 Å². The second kappa shape index (κ2) is 9.39. The van der Waals surface area contributed by atoms with Crippen LogP contribution in [0.5, 0.6) is 0 Å². The summed E-state index contributed by atoms with van der Waals surface area (Å²) in [5.74, 6) is 0.223. The van der Waals surface area contributed by atoms with E-state index < -0.39 is 0 Å². The Kier molecular flexibility index (Phi) is 6.65. The number of nitrogens with one attached hydrogen (secondary N) is 1. The number of hydrogen-bond acceptors (Lipinski definition) is 5. The van der Waals surface area contributed by atoms with Crippen LogP contribution in [0.4, 0.5) is 11.4 Å². The zero-order valence-corrected chi connectivity index (χ0v) is 18.7. The van der Waals surface area contributed by atoms with E-state index in [1.54, 1.807) is 0 Å². The molecule has 0 bridgehead atoms. The van der Waals surface area contributed by atoms with E-state index in [0.717, 1.165) is 52.9 Å². The molecule has 2 aromatic carbocycles. The Balaban J connectivity index is 1.39.